The van der Waals surface area contributed by atoms with E-state index < -0.39 is 0 Å². The van der Waals surface area contributed by atoms with Crippen LogP contribution in [0.4, 0.5) is 5.69 Å². The Bertz CT molecular complexity index is 662. The SMILES string of the molecule is CC(C)=CC(=O)Nc1ccc2oc(C3CC3)nc2c1. The average molecular weight is 256 g/mol. The van der Waals surface area contributed by atoms with Crippen LogP contribution in [-0.2, 0) is 4.79 Å². The van der Waals surface area contributed by atoms with Crippen molar-refractivity contribution in [2.24, 2.45) is 0 Å². The number of nitrogens with one attached hydrogen (secondary N) is 1. The van der Waals surface area contributed by atoms with E-state index in [0.29, 0.717) is 5.92 Å². The van der Waals surface area contributed by atoms with Crippen LogP contribution in [0.25, 0.3) is 11.1 Å². The molecule has 4 heteroatoms. The van der Waals surface area contributed by atoms with E-state index in [1.165, 1.54) is 0 Å². The van der Waals surface area contributed by atoms with Gasteiger partial charge in [0.1, 0.15) is 5.52 Å². The molecule has 1 heterocycles. The maximum atomic E-state index is 11.7. The van der Waals surface area contributed by atoms with Crippen molar-refractivity contribution in [1.29, 1.82) is 0 Å². The van der Waals surface area contributed by atoms with Gasteiger partial charge in [-0.2, -0.15) is 0 Å². The normalized spacial score (nSPS) is 14.4. The molecule has 1 aromatic carbocycles. The number of nitrogens with zero attached hydrogens (tertiary/aromatic N) is 1. The molecule has 1 aliphatic rings. The van der Waals surface area contributed by atoms with E-state index in [2.05, 4.69) is 10.3 Å². The van der Waals surface area contributed by atoms with Crippen molar-refractivity contribution in [2.75, 3.05) is 5.32 Å². The van der Waals surface area contributed by atoms with Crippen LogP contribution in [0.2, 0.25) is 0 Å². The number of amides is 1. The molecule has 0 saturated heterocycles. The van der Waals surface area contributed by atoms with Crippen molar-refractivity contribution in [3.63, 3.8) is 0 Å². The molecule has 19 heavy (non-hydrogen) atoms. The Morgan fingerprint density at radius 2 is 2.21 bits per heavy atom. The molecule has 98 valence electrons. The molecular weight excluding hydrogens is 240 g/mol. The zero-order valence-corrected chi connectivity index (χ0v) is 11.1. The van der Waals surface area contributed by atoms with Crippen molar-refractivity contribution in [2.45, 2.75) is 32.6 Å². The summed E-state index contributed by atoms with van der Waals surface area (Å²) in [5.41, 5.74) is 3.29. The Morgan fingerprint density at radius 3 is 2.89 bits per heavy atom. The van der Waals surface area contributed by atoms with Crippen molar-refractivity contribution >= 4 is 22.7 Å². The summed E-state index contributed by atoms with van der Waals surface area (Å²) in [6.07, 6.45) is 3.90. The van der Waals surface area contributed by atoms with Gasteiger partial charge < -0.3 is 9.73 Å². The second kappa shape index (κ2) is 4.53. The first-order chi connectivity index (χ1) is 9.11. The Kier molecular flexibility index (Phi) is 2.85. The fraction of sp³-hybridized carbons (Fsp3) is 0.333. The highest BCUT2D eigenvalue weighted by Gasteiger charge is 2.28. The number of oxazole rings is 1. The number of hydrogen-bond donors (Lipinski definition) is 1. The number of anilines is 1. The van der Waals surface area contributed by atoms with Gasteiger partial charge in [-0.05, 0) is 44.9 Å². The highest BCUT2D eigenvalue weighted by atomic mass is 16.3. The first kappa shape index (κ1) is 12.0. The molecule has 1 amide bonds. The summed E-state index contributed by atoms with van der Waals surface area (Å²) in [4.78, 5) is 16.1. The van der Waals surface area contributed by atoms with Gasteiger partial charge in [-0.1, -0.05) is 5.57 Å². The largest absolute Gasteiger partial charge is 0.440 e. The highest BCUT2D eigenvalue weighted by Crippen LogP contribution is 2.40. The van der Waals surface area contributed by atoms with Crippen molar-refractivity contribution in [3.05, 3.63) is 35.7 Å². The summed E-state index contributed by atoms with van der Waals surface area (Å²) < 4.78 is 5.68. The molecule has 1 aromatic heterocycles. The lowest BCUT2D eigenvalue weighted by molar-refractivity contribution is -0.111. The lowest BCUT2D eigenvalue weighted by atomic mass is 10.2. The maximum absolute atomic E-state index is 11.7. The predicted molar refractivity (Wildman–Crippen MR) is 74.0 cm³/mol. The number of aromatic nitrogens is 1. The summed E-state index contributed by atoms with van der Waals surface area (Å²) in [6, 6.07) is 5.54. The fourth-order valence-corrected chi connectivity index (χ4v) is 1.97. The third kappa shape index (κ3) is 2.67. The van der Waals surface area contributed by atoms with Gasteiger partial charge >= 0.3 is 0 Å². The second-order valence-corrected chi connectivity index (χ2v) is 5.22. The number of carbonyl (C=O) groups excluding carboxylic acids is 1. The summed E-state index contributed by atoms with van der Waals surface area (Å²) in [5, 5.41) is 2.82. The summed E-state index contributed by atoms with van der Waals surface area (Å²) >= 11 is 0. The average Bonchev–Trinajstić information content (AvgIpc) is 3.08. The van der Waals surface area contributed by atoms with Crippen LogP contribution in [0.15, 0.2) is 34.3 Å². The molecule has 0 unspecified atom stereocenters. The van der Waals surface area contributed by atoms with Gasteiger partial charge in [-0.25, -0.2) is 4.98 Å². The number of carbonyl (C=O) groups is 1. The van der Waals surface area contributed by atoms with Crippen LogP contribution < -0.4 is 5.32 Å². The summed E-state index contributed by atoms with van der Waals surface area (Å²) in [6.45, 7) is 3.78. The third-order valence-electron chi connectivity index (χ3n) is 3.02. The van der Waals surface area contributed by atoms with Gasteiger partial charge in [0.05, 0.1) is 0 Å². The van der Waals surface area contributed by atoms with Crippen LogP contribution in [0, 0.1) is 0 Å². The molecule has 1 aliphatic carbocycles. The Balaban J connectivity index is 1.84. The van der Waals surface area contributed by atoms with E-state index in [-0.39, 0.29) is 5.91 Å². The molecule has 0 radical (unpaired) electrons. The second-order valence-electron chi connectivity index (χ2n) is 5.22. The van der Waals surface area contributed by atoms with E-state index in [9.17, 15) is 4.79 Å². The summed E-state index contributed by atoms with van der Waals surface area (Å²) in [5.74, 6) is 1.20. The Hall–Kier alpha value is -2.10. The minimum Gasteiger partial charge on any atom is -0.440 e. The van der Waals surface area contributed by atoms with Crippen LogP contribution in [0.1, 0.15) is 38.5 Å². The first-order valence-electron chi connectivity index (χ1n) is 6.48. The van der Waals surface area contributed by atoms with Gasteiger partial charge in [0.2, 0.25) is 5.91 Å². The quantitative estimate of drug-likeness (QED) is 0.853. The highest BCUT2D eigenvalue weighted by molar-refractivity contribution is 6.00. The smallest absolute Gasteiger partial charge is 0.248 e. The van der Waals surface area contributed by atoms with Crippen LogP contribution in [0.3, 0.4) is 0 Å². The molecule has 1 fully saturated rings. The molecule has 0 aliphatic heterocycles. The standard InChI is InChI=1S/C15H16N2O2/c1-9(2)7-14(18)16-11-5-6-13-12(8-11)17-15(19-13)10-3-4-10/h5-8,10H,3-4H2,1-2H3,(H,16,18). The van der Waals surface area contributed by atoms with Crippen LogP contribution in [-0.4, -0.2) is 10.9 Å². The van der Waals surface area contributed by atoms with Crippen LogP contribution in [0.5, 0.6) is 0 Å². The van der Waals surface area contributed by atoms with E-state index >= 15 is 0 Å². The van der Waals surface area contributed by atoms with Crippen molar-refractivity contribution in [1.82, 2.24) is 4.98 Å². The molecule has 1 saturated carbocycles. The lowest BCUT2D eigenvalue weighted by Gasteiger charge is -2.01. The molecule has 0 spiro atoms. The molecular formula is C15H16N2O2. The zero-order chi connectivity index (χ0) is 13.4. The first-order valence-corrected chi connectivity index (χ1v) is 6.48. The van der Waals surface area contributed by atoms with Crippen molar-refractivity contribution < 1.29 is 9.21 Å². The molecule has 2 aromatic rings. The lowest BCUT2D eigenvalue weighted by Crippen LogP contribution is -2.08. The van der Waals surface area contributed by atoms with E-state index in [0.717, 1.165) is 41.1 Å². The van der Waals surface area contributed by atoms with Gasteiger partial charge in [-0.3, -0.25) is 4.79 Å². The predicted octanol–water partition coefficient (Wildman–Crippen LogP) is 3.61. The Labute approximate surface area is 111 Å². The number of rotatable bonds is 3. The topological polar surface area (TPSA) is 55.1 Å². The molecule has 3 rings (SSSR count). The third-order valence-corrected chi connectivity index (χ3v) is 3.02. The zero-order valence-electron chi connectivity index (χ0n) is 11.1. The van der Waals surface area contributed by atoms with E-state index in [1.807, 2.05) is 32.0 Å². The summed E-state index contributed by atoms with van der Waals surface area (Å²) in [7, 11) is 0. The van der Waals surface area contributed by atoms with E-state index in [1.54, 1.807) is 6.08 Å². The monoisotopic (exact) mass is 256 g/mol. The number of allylic oxidation sites excluding steroid dienone is 1. The van der Waals surface area contributed by atoms with E-state index in [4.69, 9.17) is 4.42 Å². The Morgan fingerprint density at radius 1 is 1.42 bits per heavy atom. The number of fused-ring (bicyclic) bond motifs is 1. The number of benzene rings is 1. The van der Waals surface area contributed by atoms with Gasteiger partial charge in [0.15, 0.2) is 11.5 Å². The van der Waals surface area contributed by atoms with Gasteiger partial charge in [0, 0.05) is 17.7 Å². The molecule has 4 nitrogen and oxygen atoms in total. The minimum atomic E-state index is -0.120. The molecule has 0 bridgehead atoms. The number of hydrogen-bond acceptors (Lipinski definition) is 3. The van der Waals surface area contributed by atoms with Gasteiger partial charge in [0.25, 0.3) is 0 Å². The van der Waals surface area contributed by atoms with Gasteiger partial charge in [-0.15, -0.1) is 0 Å². The van der Waals surface area contributed by atoms with Crippen LogP contribution >= 0.6 is 0 Å². The maximum Gasteiger partial charge on any atom is 0.248 e. The fourth-order valence-electron chi connectivity index (χ4n) is 1.97. The minimum absolute atomic E-state index is 0.120. The molecule has 0 atom stereocenters. The van der Waals surface area contributed by atoms with Crippen molar-refractivity contribution in [3.8, 4) is 0 Å². The molecule has 1 N–H and O–H groups in total.